The number of nitrogens with one attached hydrogen (secondary N) is 2. The molecule has 0 aliphatic carbocycles. The number of carbonyl (C=O) groups excluding carboxylic acids is 2. The first-order valence-corrected chi connectivity index (χ1v) is 13.0. The molecule has 2 aromatic heterocycles. The Morgan fingerprint density at radius 3 is 2.41 bits per heavy atom. The van der Waals surface area contributed by atoms with Crippen molar-refractivity contribution in [3.8, 4) is 34.1 Å². The Morgan fingerprint density at radius 1 is 0.923 bits per heavy atom. The minimum atomic E-state index is -1.04. The van der Waals surface area contributed by atoms with Crippen LogP contribution >= 0.6 is 11.3 Å². The van der Waals surface area contributed by atoms with Gasteiger partial charge in [-0.1, -0.05) is 29.8 Å². The Morgan fingerprint density at radius 2 is 1.67 bits per heavy atom. The largest absolute Gasteiger partial charge is 0.493 e. The van der Waals surface area contributed by atoms with Gasteiger partial charge in [0.15, 0.2) is 22.7 Å². The molecule has 1 unspecified atom stereocenters. The molecule has 1 amide bonds. The molecule has 198 valence electrons. The van der Waals surface area contributed by atoms with E-state index in [9.17, 15) is 9.59 Å². The fourth-order valence-electron chi connectivity index (χ4n) is 3.93. The van der Waals surface area contributed by atoms with Crippen LogP contribution in [-0.2, 0) is 9.53 Å². The summed E-state index contributed by atoms with van der Waals surface area (Å²) in [6, 6.07) is 18.5. The summed E-state index contributed by atoms with van der Waals surface area (Å²) in [4.78, 5) is 37.9. The molecule has 9 nitrogen and oxygen atoms in total. The van der Waals surface area contributed by atoms with E-state index in [-0.39, 0.29) is 0 Å². The van der Waals surface area contributed by atoms with Crippen LogP contribution < -0.4 is 14.8 Å². The third-order valence-corrected chi connectivity index (χ3v) is 6.87. The van der Waals surface area contributed by atoms with E-state index < -0.39 is 18.0 Å². The lowest BCUT2D eigenvalue weighted by molar-refractivity contribution is -0.123. The quantitative estimate of drug-likeness (QED) is 0.236. The molecule has 5 aromatic rings. The molecule has 0 fully saturated rings. The van der Waals surface area contributed by atoms with Crippen LogP contribution in [0, 0.1) is 6.92 Å². The molecule has 0 spiro atoms. The summed E-state index contributed by atoms with van der Waals surface area (Å²) >= 11 is 1.26. The molecule has 0 aliphatic rings. The van der Waals surface area contributed by atoms with Crippen molar-refractivity contribution in [1.82, 2.24) is 15.0 Å². The lowest BCUT2D eigenvalue weighted by Crippen LogP contribution is -2.29. The van der Waals surface area contributed by atoms with Crippen molar-refractivity contribution in [3.05, 3.63) is 77.2 Å². The molecule has 5 rings (SSSR count). The lowest BCUT2D eigenvalue weighted by Gasteiger charge is -2.12. The van der Waals surface area contributed by atoms with E-state index in [1.165, 1.54) is 18.3 Å². The molecule has 0 radical (unpaired) electrons. The minimum absolute atomic E-state index is 0.311. The normalized spacial score (nSPS) is 11.7. The molecule has 3 aromatic carbocycles. The Bertz CT molecular complexity index is 1660. The molecule has 0 aliphatic heterocycles. The Balaban J connectivity index is 1.23. The highest BCUT2D eigenvalue weighted by atomic mass is 32.1. The molecule has 0 saturated carbocycles. The number of fused-ring (bicyclic) bond motifs is 1. The van der Waals surface area contributed by atoms with E-state index in [1.807, 2.05) is 48.7 Å². The van der Waals surface area contributed by atoms with Gasteiger partial charge in [0.25, 0.3) is 5.91 Å². The van der Waals surface area contributed by atoms with Crippen LogP contribution in [0.2, 0.25) is 0 Å². The van der Waals surface area contributed by atoms with Gasteiger partial charge < -0.3 is 19.2 Å². The summed E-state index contributed by atoms with van der Waals surface area (Å²) in [7, 11) is 3.13. The first kappa shape index (κ1) is 25.9. The smallest absolute Gasteiger partial charge is 0.338 e. The van der Waals surface area contributed by atoms with Crippen molar-refractivity contribution >= 4 is 39.4 Å². The number of H-pyrrole nitrogens is 1. The topological polar surface area (TPSA) is 115 Å². The minimum Gasteiger partial charge on any atom is -0.493 e. The number of amides is 1. The second-order valence-corrected chi connectivity index (χ2v) is 9.69. The van der Waals surface area contributed by atoms with Crippen molar-refractivity contribution in [3.63, 3.8) is 0 Å². The third kappa shape index (κ3) is 5.60. The number of rotatable bonds is 8. The maximum atomic E-state index is 12.8. The summed E-state index contributed by atoms with van der Waals surface area (Å²) in [5, 5.41) is 4.92. The summed E-state index contributed by atoms with van der Waals surface area (Å²) in [5.41, 5.74) is 5.31. The standard InChI is InChI=1S/C29H26N4O5S/c1-16-5-7-18(8-6-16)26-30-21-11-9-20(13-22(21)31-26)28(35)38-17(2)27(34)33-29-32-23(15-39-29)19-10-12-24(36-3)25(14-19)37-4/h5-15,17H,1-4H3,(H,30,31)(H,32,33,34). The van der Waals surface area contributed by atoms with Crippen molar-refractivity contribution in [2.75, 3.05) is 19.5 Å². The molecular formula is C29H26N4O5S. The van der Waals surface area contributed by atoms with E-state index in [1.54, 1.807) is 38.5 Å². The molecule has 0 bridgehead atoms. The highest BCUT2D eigenvalue weighted by Gasteiger charge is 2.21. The second kappa shape index (κ2) is 11.0. The van der Waals surface area contributed by atoms with Crippen molar-refractivity contribution in [2.45, 2.75) is 20.0 Å². The van der Waals surface area contributed by atoms with Crippen LogP contribution in [-0.4, -0.2) is 47.2 Å². The number of aryl methyl sites for hydroxylation is 1. The van der Waals surface area contributed by atoms with E-state index >= 15 is 0 Å². The molecule has 39 heavy (non-hydrogen) atoms. The summed E-state index contributed by atoms with van der Waals surface area (Å²) in [5.74, 6) is 0.795. The number of aromatic nitrogens is 3. The number of nitrogens with zero attached hydrogens (tertiary/aromatic N) is 2. The third-order valence-electron chi connectivity index (χ3n) is 6.11. The Hall–Kier alpha value is -4.70. The number of aromatic amines is 1. The number of hydrogen-bond acceptors (Lipinski definition) is 8. The number of hydrogen-bond donors (Lipinski definition) is 2. The summed E-state index contributed by atoms with van der Waals surface area (Å²) < 4.78 is 16.1. The van der Waals surface area contributed by atoms with E-state index in [0.29, 0.717) is 39.2 Å². The Labute approximate surface area is 228 Å². The number of benzene rings is 3. The molecular weight excluding hydrogens is 516 g/mol. The van der Waals surface area contributed by atoms with Crippen molar-refractivity contribution in [2.24, 2.45) is 0 Å². The number of esters is 1. The van der Waals surface area contributed by atoms with Gasteiger partial charge in [0, 0.05) is 16.5 Å². The van der Waals surface area contributed by atoms with Gasteiger partial charge in [-0.15, -0.1) is 11.3 Å². The van der Waals surface area contributed by atoms with E-state index in [4.69, 9.17) is 14.2 Å². The van der Waals surface area contributed by atoms with Crippen molar-refractivity contribution in [1.29, 1.82) is 0 Å². The average molecular weight is 543 g/mol. The second-order valence-electron chi connectivity index (χ2n) is 8.83. The molecule has 10 heteroatoms. The van der Waals surface area contributed by atoms with Gasteiger partial charge in [0.1, 0.15) is 5.82 Å². The van der Waals surface area contributed by atoms with Crippen molar-refractivity contribution < 1.29 is 23.8 Å². The first-order valence-electron chi connectivity index (χ1n) is 12.1. The predicted octanol–water partition coefficient (Wildman–Crippen LogP) is 5.86. The van der Waals surface area contributed by atoms with Crippen LogP contribution in [0.5, 0.6) is 11.5 Å². The molecule has 2 N–H and O–H groups in total. The maximum absolute atomic E-state index is 12.8. The van der Waals surface area contributed by atoms with Gasteiger partial charge in [0.2, 0.25) is 0 Å². The van der Waals surface area contributed by atoms with Gasteiger partial charge in [-0.2, -0.15) is 0 Å². The summed E-state index contributed by atoms with van der Waals surface area (Å²) in [6.45, 7) is 3.54. The number of methoxy groups -OCH3 is 2. The van der Waals surface area contributed by atoms with Crippen LogP contribution in [0.15, 0.2) is 66.0 Å². The Kier molecular flexibility index (Phi) is 7.29. The molecule has 2 heterocycles. The number of anilines is 1. The maximum Gasteiger partial charge on any atom is 0.338 e. The lowest BCUT2D eigenvalue weighted by atomic mass is 10.1. The van der Waals surface area contributed by atoms with E-state index in [2.05, 4.69) is 20.3 Å². The zero-order chi connectivity index (χ0) is 27.5. The van der Waals surface area contributed by atoms with Crippen LogP contribution in [0.25, 0.3) is 33.7 Å². The highest BCUT2D eigenvalue weighted by molar-refractivity contribution is 7.14. The summed E-state index contributed by atoms with van der Waals surface area (Å²) in [6.07, 6.45) is -1.04. The van der Waals surface area contributed by atoms with E-state index in [0.717, 1.165) is 22.2 Å². The fourth-order valence-corrected chi connectivity index (χ4v) is 4.66. The van der Waals surface area contributed by atoms with Crippen LogP contribution in [0.1, 0.15) is 22.8 Å². The fraction of sp³-hybridized carbons (Fsp3) is 0.172. The monoisotopic (exact) mass is 542 g/mol. The van der Waals surface area contributed by atoms with Crippen LogP contribution in [0.4, 0.5) is 5.13 Å². The van der Waals surface area contributed by atoms with Gasteiger partial charge in [-0.3, -0.25) is 10.1 Å². The van der Waals surface area contributed by atoms with Gasteiger partial charge in [-0.05, 0) is 50.2 Å². The van der Waals surface area contributed by atoms with Gasteiger partial charge in [-0.25, -0.2) is 14.8 Å². The number of ether oxygens (including phenoxy) is 3. The van der Waals surface area contributed by atoms with Gasteiger partial charge in [0.05, 0.1) is 36.5 Å². The molecule has 1 atom stereocenters. The average Bonchev–Trinajstić information content (AvgIpc) is 3.59. The highest BCUT2D eigenvalue weighted by Crippen LogP contribution is 2.33. The SMILES string of the molecule is COc1ccc(-c2csc(NC(=O)C(C)OC(=O)c3ccc4nc(-c5ccc(C)cc5)[nH]c4c3)n2)cc1OC. The predicted molar refractivity (Wildman–Crippen MR) is 150 cm³/mol. The number of carbonyl (C=O) groups is 2. The zero-order valence-electron chi connectivity index (χ0n) is 21.8. The van der Waals surface area contributed by atoms with Crippen LogP contribution in [0.3, 0.4) is 0 Å². The molecule has 0 saturated heterocycles. The zero-order valence-corrected chi connectivity index (χ0v) is 22.6. The first-order chi connectivity index (χ1) is 18.8. The van der Waals surface area contributed by atoms with Gasteiger partial charge >= 0.3 is 5.97 Å². The number of thiazole rings is 1. The number of imidazole rings is 1.